The molecule has 0 aliphatic carbocycles. The minimum atomic E-state index is -3.92. The zero-order chi connectivity index (χ0) is 18.6. The molecule has 3 rings (SSSR count). The van der Waals surface area contributed by atoms with Gasteiger partial charge in [-0.3, -0.25) is 0 Å². The van der Waals surface area contributed by atoms with Crippen molar-refractivity contribution in [1.29, 1.82) is 0 Å². The molecule has 0 N–H and O–H groups in total. The topological polar surface area (TPSA) is 59.8 Å². The zero-order valence-corrected chi connectivity index (χ0v) is 14.9. The third-order valence-corrected chi connectivity index (χ3v) is 5.63. The molecule has 5 nitrogen and oxygen atoms in total. The van der Waals surface area contributed by atoms with Crippen LogP contribution < -0.4 is 4.74 Å². The van der Waals surface area contributed by atoms with Crippen molar-refractivity contribution in [3.05, 3.63) is 84.1 Å². The number of furan rings is 1. The third kappa shape index (κ3) is 4.12. The minimum Gasteiger partial charge on any atom is -0.497 e. The molecule has 0 unspecified atom stereocenters. The van der Waals surface area contributed by atoms with E-state index >= 15 is 0 Å². The molecule has 0 bridgehead atoms. The average Bonchev–Trinajstić information content (AvgIpc) is 3.14. The number of hydrogen-bond acceptors (Lipinski definition) is 4. The lowest BCUT2D eigenvalue weighted by Gasteiger charge is -2.21. The molecule has 0 aliphatic heterocycles. The molecular formula is C19H18FNO4S. The Balaban J connectivity index is 1.97. The molecule has 7 heteroatoms. The molecule has 0 saturated carbocycles. The Morgan fingerprint density at radius 2 is 1.85 bits per heavy atom. The summed E-state index contributed by atoms with van der Waals surface area (Å²) in [5.41, 5.74) is 0.746. The molecule has 136 valence electrons. The van der Waals surface area contributed by atoms with Crippen LogP contribution in [-0.2, 0) is 23.1 Å². The molecule has 0 atom stereocenters. The van der Waals surface area contributed by atoms with Gasteiger partial charge in [0.05, 0.1) is 24.8 Å². The maximum atomic E-state index is 13.5. The summed E-state index contributed by atoms with van der Waals surface area (Å²) >= 11 is 0. The number of benzene rings is 2. The maximum Gasteiger partial charge on any atom is 0.243 e. The van der Waals surface area contributed by atoms with Crippen LogP contribution in [0.1, 0.15) is 11.3 Å². The number of sulfonamides is 1. The number of hydrogen-bond donors (Lipinski definition) is 0. The molecule has 2 aromatic carbocycles. The second-order valence-corrected chi connectivity index (χ2v) is 7.60. The number of ether oxygens (including phenoxy) is 1. The van der Waals surface area contributed by atoms with E-state index in [4.69, 9.17) is 9.15 Å². The van der Waals surface area contributed by atoms with Gasteiger partial charge < -0.3 is 9.15 Å². The molecule has 0 spiro atoms. The monoisotopic (exact) mass is 375 g/mol. The Hall–Kier alpha value is -2.64. The highest BCUT2D eigenvalue weighted by atomic mass is 32.2. The van der Waals surface area contributed by atoms with Crippen LogP contribution in [0.3, 0.4) is 0 Å². The molecule has 0 radical (unpaired) electrons. The average molecular weight is 375 g/mol. The molecule has 3 aromatic rings. The first-order chi connectivity index (χ1) is 12.5. The van der Waals surface area contributed by atoms with Gasteiger partial charge in [-0.15, -0.1) is 0 Å². The number of halogens is 1. The first-order valence-corrected chi connectivity index (χ1v) is 9.34. The Kier molecular flexibility index (Phi) is 5.39. The summed E-state index contributed by atoms with van der Waals surface area (Å²) in [6.45, 7) is 0.125. The van der Waals surface area contributed by atoms with E-state index in [2.05, 4.69) is 0 Å². The SMILES string of the molecule is COc1cccc(CN(Cc2ccco2)S(=O)(=O)c2cccc(F)c2)c1. The van der Waals surface area contributed by atoms with Crippen LogP contribution >= 0.6 is 0 Å². The molecule has 0 fully saturated rings. The van der Waals surface area contributed by atoms with Crippen molar-refractivity contribution in [2.75, 3.05) is 7.11 Å². The quantitative estimate of drug-likeness (QED) is 0.630. The first kappa shape index (κ1) is 18.2. The third-order valence-electron chi connectivity index (χ3n) is 3.84. The lowest BCUT2D eigenvalue weighted by molar-refractivity contribution is 0.357. The van der Waals surface area contributed by atoms with Crippen LogP contribution in [0.4, 0.5) is 4.39 Å². The zero-order valence-electron chi connectivity index (χ0n) is 14.1. The summed E-state index contributed by atoms with van der Waals surface area (Å²) in [6, 6.07) is 15.5. The fraction of sp³-hybridized carbons (Fsp3) is 0.158. The van der Waals surface area contributed by atoms with Gasteiger partial charge >= 0.3 is 0 Å². The second kappa shape index (κ2) is 7.72. The highest BCUT2D eigenvalue weighted by Crippen LogP contribution is 2.23. The lowest BCUT2D eigenvalue weighted by Crippen LogP contribution is -2.30. The number of methoxy groups -OCH3 is 1. The predicted octanol–water partition coefficient (Wildman–Crippen LogP) is 3.82. The smallest absolute Gasteiger partial charge is 0.243 e. The molecule has 26 heavy (non-hydrogen) atoms. The van der Waals surface area contributed by atoms with Crippen molar-refractivity contribution < 1.29 is 22.0 Å². The van der Waals surface area contributed by atoms with Gasteiger partial charge in [-0.1, -0.05) is 18.2 Å². The van der Waals surface area contributed by atoms with Crippen molar-refractivity contribution in [1.82, 2.24) is 4.31 Å². The van der Waals surface area contributed by atoms with Gasteiger partial charge in [-0.25, -0.2) is 12.8 Å². The van der Waals surface area contributed by atoms with Crippen LogP contribution in [0.5, 0.6) is 5.75 Å². The Morgan fingerprint density at radius 3 is 2.54 bits per heavy atom. The van der Waals surface area contributed by atoms with Gasteiger partial charge in [0.2, 0.25) is 10.0 Å². The standard InChI is InChI=1S/C19H18FNO4S/c1-24-17-7-2-5-15(11-17)13-21(14-18-8-4-10-25-18)26(22,23)19-9-3-6-16(20)12-19/h2-12H,13-14H2,1H3. The van der Waals surface area contributed by atoms with Crippen LogP contribution in [0.25, 0.3) is 0 Å². The molecule has 0 aliphatic rings. The normalized spacial score (nSPS) is 11.7. The summed E-state index contributed by atoms with van der Waals surface area (Å²) in [5, 5.41) is 0. The molecular weight excluding hydrogens is 357 g/mol. The van der Waals surface area contributed by atoms with Gasteiger partial charge in [0.25, 0.3) is 0 Å². The van der Waals surface area contributed by atoms with E-state index in [0.717, 1.165) is 11.6 Å². The largest absolute Gasteiger partial charge is 0.497 e. The van der Waals surface area contributed by atoms with E-state index < -0.39 is 15.8 Å². The summed E-state index contributed by atoms with van der Waals surface area (Å²) in [4.78, 5) is -0.105. The van der Waals surface area contributed by atoms with Gasteiger partial charge in [-0.2, -0.15) is 4.31 Å². The van der Waals surface area contributed by atoms with E-state index in [0.29, 0.717) is 11.5 Å². The van der Waals surface area contributed by atoms with Crippen LogP contribution in [0, 0.1) is 5.82 Å². The van der Waals surface area contributed by atoms with E-state index in [1.807, 2.05) is 0 Å². The van der Waals surface area contributed by atoms with E-state index in [1.54, 1.807) is 43.5 Å². The molecule has 0 amide bonds. The van der Waals surface area contributed by atoms with Gasteiger partial charge in [0, 0.05) is 6.54 Å². The van der Waals surface area contributed by atoms with Crippen molar-refractivity contribution in [3.63, 3.8) is 0 Å². The van der Waals surface area contributed by atoms with Crippen molar-refractivity contribution in [2.24, 2.45) is 0 Å². The lowest BCUT2D eigenvalue weighted by atomic mass is 10.2. The van der Waals surface area contributed by atoms with Crippen LogP contribution in [-0.4, -0.2) is 19.8 Å². The molecule has 1 heterocycles. The van der Waals surface area contributed by atoms with E-state index in [1.165, 1.54) is 28.8 Å². The number of nitrogens with zero attached hydrogens (tertiary/aromatic N) is 1. The first-order valence-electron chi connectivity index (χ1n) is 7.90. The minimum absolute atomic E-state index is 0.0308. The fourth-order valence-electron chi connectivity index (χ4n) is 2.55. The highest BCUT2D eigenvalue weighted by molar-refractivity contribution is 7.89. The Morgan fingerprint density at radius 1 is 1.04 bits per heavy atom. The van der Waals surface area contributed by atoms with Crippen LogP contribution in [0.15, 0.2) is 76.2 Å². The van der Waals surface area contributed by atoms with E-state index in [-0.39, 0.29) is 18.0 Å². The van der Waals surface area contributed by atoms with Gasteiger partial charge in [-0.05, 0) is 48.0 Å². The van der Waals surface area contributed by atoms with E-state index in [9.17, 15) is 12.8 Å². The number of rotatable bonds is 7. The molecule has 0 saturated heterocycles. The van der Waals surface area contributed by atoms with Gasteiger partial charge in [0.1, 0.15) is 17.3 Å². The Labute approximate surface area is 151 Å². The van der Waals surface area contributed by atoms with Crippen molar-refractivity contribution in [2.45, 2.75) is 18.0 Å². The summed E-state index contributed by atoms with van der Waals surface area (Å²) in [7, 11) is -2.38. The summed E-state index contributed by atoms with van der Waals surface area (Å²) < 4.78 is 51.4. The summed E-state index contributed by atoms with van der Waals surface area (Å²) in [6.07, 6.45) is 1.48. The maximum absolute atomic E-state index is 13.5. The second-order valence-electron chi connectivity index (χ2n) is 5.66. The van der Waals surface area contributed by atoms with Crippen LogP contribution in [0.2, 0.25) is 0 Å². The summed E-state index contributed by atoms with van der Waals surface area (Å²) in [5.74, 6) is 0.516. The van der Waals surface area contributed by atoms with Gasteiger partial charge in [0.15, 0.2) is 0 Å². The fourth-order valence-corrected chi connectivity index (χ4v) is 3.98. The van der Waals surface area contributed by atoms with Crippen molar-refractivity contribution in [3.8, 4) is 5.75 Å². The predicted molar refractivity (Wildman–Crippen MR) is 94.5 cm³/mol. The molecule has 1 aromatic heterocycles. The van der Waals surface area contributed by atoms with Crippen molar-refractivity contribution >= 4 is 10.0 Å². The Bertz CT molecular complexity index is 971. The highest BCUT2D eigenvalue weighted by Gasteiger charge is 2.26.